The van der Waals surface area contributed by atoms with Gasteiger partial charge in [-0.15, -0.1) is 10.1 Å². The molecule has 0 aliphatic rings. The molecular formula is C6H19N3O7. The molecule has 0 aliphatic heterocycles. The Hall–Kier alpha value is -1.04. The molecular weight excluding hydrogens is 226 g/mol. The average molecular weight is 245 g/mol. The van der Waals surface area contributed by atoms with E-state index >= 15 is 0 Å². The lowest BCUT2D eigenvalue weighted by Gasteiger charge is -2.17. The molecule has 0 aliphatic carbocycles. The fourth-order valence-electron chi connectivity index (χ4n) is 0.760. The highest BCUT2D eigenvalue weighted by molar-refractivity contribution is 4.54. The van der Waals surface area contributed by atoms with Gasteiger partial charge in [0.15, 0.2) is 0 Å². The van der Waals surface area contributed by atoms with Gasteiger partial charge in [0.05, 0.1) is 19.8 Å². The predicted molar refractivity (Wildman–Crippen MR) is 52.5 cm³/mol. The lowest BCUT2D eigenvalue weighted by atomic mass is 10.4. The average Bonchev–Trinajstić information content (AvgIpc) is 2.21. The molecule has 10 heteroatoms. The van der Waals surface area contributed by atoms with Crippen molar-refractivity contribution >= 4 is 0 Å². The maximum atomic E-state index is 8.48. The van der Waals surface area contributed by atoms with Gasteiger partial charge in [0.25, 0.3) is 5.09 Å². The van der Waals surface area contributed by atoms with Crippen LogP contribution in [0, 0.1) is 10.1 Å². The van der Waals surface area contributed by atoms with E-state index in [1.807, 2.05) is 0 Å². The Labute approximate surface area is 92.2 Å². The molecule has 0 amide bonds. The Morgan fingerprint density at radius 2 is 1.19 bits per heavy atom. The molecule has 10 nitrogen and oxygen atoms in total. The molecule has 0 aromatic heterocycles. The Morgan fingerprint density at radius 3 is 1.31 bits per heavy atom. The van der Waals surface area contributed by atoms with E-state index in [2.05, 4.69) is 5.90 Å². The fraction of sp³-hybridized carbons (Fsp3) is 1.00. The van der Waals surface area contributed by atoms with Crippen LogP contribution in [0.5, 0.6) is 0 Å². The first-order valence-electron chi connectivity index (χ1n) is 4.22. The Morgan fingerprint density at radius 1 is 1.00 bits per heavy atom. The van der Waals surface area contributed by atoms with Gasteiger partial charge in [-0.3, -0.25) is 4.90 Å². The van der Waals surface area contributed by atoms with Crippen molar-refractivity contribution in [3.8, 4) is 0 Å². The molecule has 0 radical (unpaired) electrons. The third-order valence-electron chi connectivity index (χ3n) is 1.25. The second-order valence-corrected chi connectivity index (χ2v) is 2.25. The zero-order chi connectivity index (χ0) is 13.4. The maximum absolute atomic E-state index is 8.48. The van der Waals surface area contributed by atoms with Gasteiger partial charge in [-0.05, 0) is 0 Å². The Bertz CT molecular complexity index is 119. The summed E-state index contributed by atoms with van der Waals surface area (Å²) in [7, 11) is 0. The van der Waals surface area contributed by atoms with Crippen LogP contribution in [0.1, 0.15) is 0 Å². The second kappa shape index (κ2) is 19.5. The third-order valence-corrected chi connectivity index (χ3v) is 1.25. The zero-order valence-electron chi connectivity index (χ0n) is 8.77. The summed E-state index contributed by atoms with van der Waals surface area (Å²) < 4.78 is 0. The van der Waals surface area contributed by atoms with E-state index in [0.717, 1.165) is 0 Å². The first-order chi connectivity index (χ1) is 7.58. The van der Waals surface area contributed by atoms with Gasteiger partial charge >= 0.3 is 0 Å². The van der Waals surface area contributed by atoms with Crippen LogP contribution in [-0.2, 0) is 0 Å². The Balaban J connectivity index is -0.000000237. The standard InChI is InChI=1S/C6H15NO3.HNO3.H3NO/c8-4-1-7(2-5-9)3-6-10;2-1(3)4;1-2/h8-10H,1-6H2;(H,2,3,4);2H,1H2. The van der Waals surface area contributed by atoms with Gasteiger partial charge in [-0.2, -0.15) is 0 Å². The van der Waals surface area contributed by atoms with Gasteiger partial charge in [0.2, 0.25) is 0 Å². The highest BCUT2D eigenvalue weighted by Gasteiger charge is 2.00. The van der Waals surface area contributed by atoms with Crippen molar-refractivity contribution in [3.63, 3.8) is 0 Å². The molecule has 0 unspecified atom stereocenters. The normalized spacial score (nSPS) is 8.62. The number of hydrogen-bond acceptors (Lipinski definition) is 8. The molecule has 7 N–H and O–H groups in total. The first kappa shape index (κ1) is 20.4. The summed E-state index contributed by atoms with van der Waals surface area (Å²) in [6, 6.07) is 0. The molecule has 100 valence electrons. The summed E-state index contributed by atoms with van der Waals surface area (Å²) in [6.45, 7) is 1.75. The summed E-state index contributed by atoms with van der Waals surface area (Å²) >= 11 is 0. The van der Waals surface area contributed by atoms with Crippen molar-refractivity contribution in [2.45, 2.75) is 0 Å². The van der Waals surface area contributed by atoms with Crippen molar-refractivity contribution in [2.24, 2.45) is 5.90 Å². The molecule has 0 spiro atoms. The minimum Gasteiger partial charge on any atom is -0.395 e. The van der Waals surface area contributed by atoms with Crippen molar-refractivity contribution < 1.29 is 30.8 Å². The van der Waals surface area contributed by atoms with E-state index < -0.39 is 5.09 Å². The largest absolute Gasteiger partial charge is 0.395 e. The number of nitrogens with two attached hydrogens (primary N) is 1. The molecule has 16 heavy (non-hydrogen) atoms. The zero-order valence-corrected chi connectivity index (χ0v) is 8.77. The SMILES string of the molecule is NO.O=[N+]([O-])O.OCCN(CCO)CCO. The summed E-state index contributed by atoms with van der Waals surface area (Å²) in [4.78, 5) is 10.2. The minimum atomic E-state index is -1.50. The lowest BCUT2D eigenvalue weighted by Crippen LogP contribution is -2.32. The predicted octanol–water partition coefficient (Wildman–Crippen LogP) is -2.75. The van der Waals surface area contributed by atoms with Crippen LogP contribution in [-0.4, -0.2) is 75.2 Å². The van der Waals surface area contributed by atoms with Gasteiger partial charge in [-0.1, -0.05) is 0 Å². The van der Waals surface area contributed by atoms with Gasteiger partial charge in [-0.25, -0.2) is 5.90 Å². The molecule has 0 aromatic carbocycles. The smallest absolute Gasteiger partial charge is 0.291 e. The van der Waals surface area contributed by atoms with Gasteiger partial charge < -0.3 is 25.7 Å². The molecule has 0 saturated carbocycles. The van der Waals surface area contributed by atoms with E-state index in [1.165, 1.54) is 0 Å². The summed E-state index contributed by atoms with van der Waals surface area (Å²) in [5.41, 5.74) is 0. The highest BCUT2D eigenvalue weighted by Crippen LogP contribution is 1.84. The summed E-state index contributed by atoms with van der Waals surface area (Å²) in [5, 5.41) is 45.6. The topological polar surface area (TPSA) is 174 Å². The number of nitrogens with zero attached hydrogens (tertiary/aromatic N) is 2. The summed E-state index contributed by atoms with van der Waals surface area (Å²) in [5.74, 6) is 3.50. The third kappa shape index (κ3) is 29.3. The molecule has 0 rings (SSSR count). The van der Waals surface area contributed by atoms with Crippen molar-refractivity contribution in [3.05, 3.63) is 10.1 Å². The van der Waals surface area contributed by atoms with E-state index in [0.29, 0.717) is 19.6 Å². The molecule has 0 bridgehead atoms. The van der Waals surface area contributed by atoms with Crippen molar-refractivity contribution in [2.75, 3.05) is 39.5 Å². The van der Waals surface area contributed by atoms with Gasteiger partial charge in [0.1, 0.15) is 0 Å². The van der Waals surface area contributed by atoms with Crippen molar-refractivity contribution in [1.82, 2.24) is 4.90 Å². The highest BCUT2D eigenvalue weighted by atomic mass is 16.9. The minimum absolute atomic E-state index is 0.0694. The monoisotopic (exact) mass is 245 g/mol. The number of aliphatic hydroxyl groups is 3. The number of aliphatic hydroxyl groups excluding tert-OH is 3. The van der Waals surface area contributed by atoms with E-state index in [-0.39, 0.29) is 19.8 Å². The fourth-order valence-corrected chi connectivity index (χ4v) is 0.760. The van der Waals surface area contributed by atoms with E-state index in [1.54, 1.807) is 4.90 Å². The molecule has 0 saturated heterocycles. The van der Waals surface area contributed by atoms with E-state index in [4.69, 9.17) is 35.8 Å². The van der Waals surface area contributed by atoms with Crippen LogP contribution in [0.3, 0.4) is 0 Å². The van der Waals surface area contributed by atoms with Crippen LogP contribution in [0.15, 0.2) is 0 Å². The Kier molecular flexibility index (Phi) is 24.9. The van der Waals surface area contributed by atoms with Crippen LogP contribution in [0.25, 0.3) is 0 Å². The first-order valence-corrected chi connectivity index (χ1v) is 4.22. The van der Waals surface area contributed by atoms with Crippen LogP contribution in [0.2, 0.25) is 0 Å². The molecule has 0 fully saturated rings. The van der Waals surface area contributed by atoms with E-state index in [9.17, 15) is 0 Å². The van der Waals surface area contributed by atoms with Crippen molar-refractivity contribution in [1.29, 1.82) is 0 Å². The van der Waals surface area contributed by atoms with Crippen LogP contribution >= 0.6 is 0 Å². The second-order valence-electron chi connectivity index (χ2n) is 2.25. The van der Waals surface area contributed by atoms with Crippen LogP contribution in [0.4, 0.5) is 0 Å². The quantitative estimate of drug-likeness (QED) is 0.214. The lowest BCUT2D eigenvalue weighted by molar-refractivity contribution is -0.742. The summed E-state index contributed by atoms with van der Waals surface area (Å²) in [6.07, 6.45) is 0. The molecule has 0 aromatic rings. The molecule has 0 heterocycles. The number of rotatable bonds is 6. The van der Waals surface area contributed by atoms with Crippen LogP contribution < -0.4 is 5.90 Å². The van der Waals surface area contributed by atoms with Gasteiger partial charge in [0, 0.05) is 19.6 Å². The molecule has 0 atom stereocenters. The number of hydrogen-bond donors (Lipinski definition) is 6. The maximum Gasteiger partial charge on any atom is 0.291 e.